The third kappa shape index (κ3) is 3.48. The Balaban J connectivity index is 1.56. The molecule has 2 N–H and O–H groups in total. The Morgan fingerprint density at radius 1 is 0.963 bits per heavy atom. The normalized spacial score (nSPS) is 11.5. The maximum absolute atomic E-state index is 12.4. The van der Waals surface area contributed by atoms with Crippen molar-refractivity contribution in [1.82, 2.24) is 15.6 Å². The Morgan fingerprint density at radius 3 is 2.56 bits per heavy atom. The molecular formula is C22H18N4O. The van der Waals surface area contributed by atoms with E-state index in [2.05, 4.69) is 32.9 Å². The Kier molecular flexibility index (Phi) is 4.49. The fraction of sp³-hybridized carbons (Fsp3) is 0.0455. The minimum absolute atomic E-state index is 0.329. The van der Waals surface area contributed by atoms with Crippen molar-refractivity contribution in [1.29, 1.82) is 0 Å². The summed E-state index contributed by atoms with van der Waals surface area (Å²) in [6, 6.07) is 25.6. The standard InChI is InChI=1S/C22H18N4O/c1-15(16-8-3-2-4-9-16)23-26-22(27)21-14-20(24-25-21)19-13-7-11-17-10-5-6-12-18(17)19/h2-14H,1H3,(H,24,25)(H,26,27)/b23-15-. The van der Waals surface area contributed by atoms with Crippen LogP contribution in [0.25, 0.3) is 22.0 Å². The van der Waals surface area contributed by atoms with Gasteiger partial charge in [-0.25, -0.2) is 5.43 Å². The van der Waals surface area contributed by atoms with Crippen LogP contribution >= 0.6 is 0 Å². The van der Waals surface area contributed by atoms with Crippen LogP contribution in [0.4, 0.5) is 0 Å². The van der Waals surface area contributed by atoms with E-state index in [4.69, 9.17) is 0 Å². The molecule has 0 aliphatic heterocycles. The zero-order valence-electron chi connectivity index (χ0n) is 14.8. The van der Waals surface area contributed by atoms with Gasteiger partial charge in [0.05, 0.1) is 11.4 Å². The van der Waals surface area contributed by atoms with Crippen LogP contribution in [0.2, 0.25) is 0 Å². The van der Waals surface area contributed by atoms with Gasteiger partial charge >= 0.3 is 0 Å². The summed E-state index contributed by atoms with van der Waals surface area (Å²) >= 11 is 0. The lowest BCUT2D eigenvalue weighted by Crippen LogP contribution is -2.19. The largest absolute Gasteiger partial charge is 0.289 e. The first-order chi connectivity index (χ1) is 13.2. The number of amides is 1. The summed E-state index contributed by atoms with van der Waals surface area (Å²) in [5.41, 5.74) is 6.33. The number of hydrazone groups is 1. The maximum atomic E-state index is 12.4. The lowest BCUT2D eigenvalue weighted by molar-refractivity contribution is 0.0950. The number of rotatable bonds is 4. The van der Waals surface area contributed by atoms with Crippen molar-refractivity contribution in [2.75, 3.05) is 0 Å². The average Bonchev–Trinajstić information content (AvgIpc) is 3.22. The highest BCUT2D eigenvalue weighted by Gasteiger charge is 2.12. The zero-order valence-corrected chi connectivity index (χ0v) is 14.8. The highest BCUT2D eigenvalue weighted by Crippen LogP contribution is 2.27. The lowest BCUT2D eigenvalue weighted by Gasteiger charge is -2.03. The molecule has 0 radical (unpaired) electrons. The molecule has 0 saturated carbocycles. The van der Waals surface area contributed by atoms with Gasteiger partial charge in [-0.15, -0.1) is 0 Å². The van der Waals surface area contributed by atoms with Gasteiger partial charge in [-0.3, -0.25) is 9.89 Å². The minimum atomic E-state index is -0.329. The second kappa shape index (κ2) is 7.25. The molecule has 0 bridgehead atoms. The zero-order chi connectivity index (χ0) is 18.6. The van der Waals surface area contributed by atoms with Crippen molar-refractivity contribution in [2.24, 2.45) is 5.10 Å². The minimum Gasteiger partial charge on any atom is -0.272 e. The van der Waals surface area contributed by atoms with E-state index in [0.29, 0.717) is 5.69 Å². The van der Waals surface area contributed by atoms with E-state index < -0.39 is 0 Å². The number of benzene rings is 3. The number of hydrogen-bond donors (Lipinski definition) is 2. The van der Waals surface area contributed by atoms with E-state index in [1.54, 1.807) is 6.07 Å². The number of nitrogens with zero attached hydrogens (tertiary/aromatic N) is 2. The van der Waals surface area contributed by atoms with Crippen LogP contribution in [0, 0.1) is 0 Å². The van der Waals surface area contributed by atoms with Gasteiger partial charge in [0.1, 0.15) is 5.69 Å². The molecular weight excluding hydrogens is 336 g/mol. The Labute approximate surface area is 156 Å². The Bertz CT molecular complexity index is 1120. The molecule has 0 fully saturated rings. The van der Waals surface area contributed by atoms with Crippen LogP contribution in [0.5, 0.6) is 0 Å². The number of H-pyrrole nitrogens is 1. The molecule has 3 aromatic carbocycles. The van der Waals surface area contributed by atoms with E-state index in [1.807, 2.05) is 67.6 Å². The summed E-state index contributed by atoms with van der Waals surface area (Å²) in [5.74, 6) is -0.329. The van der Waals surface area contributed by atoms with Crippen LogP contribution in [0.1, 0.15) is 23.0 Å². The molecule has 1 heterocycles. The molecule has 4 rings (SSSR count). The third-order valence-electron chi connectivity index (χ3n) is 4.40. The number of carbonyl (C=O) groups excluding carboxylic acids is 1. The molecule has 0 atom stereocenters. The van der Waals surface area contributed by atoms with Crippen LogP contribution in [0.3, 0.4) is 0 Å². The van der Waals surface area contributed by atoms with Gasteiger partial charge in [0.2, 0.25) is 0 Å². The fourth-order valence-electron chi connectivity index (χ4n) is 2.96. The topological polar surface area (TPSA) is 70.1 Å². The van der Waals surface area contributed by atoms with Gasteiger partial charge in [0.15, 0.2) is 0 Å². The number of hydrogen-bond acceptors (Lipinski definition) is 3. The van der Waals surface area contributed by atoms with Gasteiger partial charge in [-0.1, -0.05) is 72.8 Å². The van der Waals surface area contributed by atoms with Crippen molar-refractivity contribution < 1.29 is 4.79 Å². The second-order valence-corrected chi connectivity index (χ2v) is 6.20. The predicted molar refractivity (Wildman–Crippen MR) is 108 cm³/mol. The summed E-state index contributed by atoms with van der Waals surface area (Å²) in [7, 11) is 0. The summed E-state index contributed by atoms with van der Waals surface area (Å²) in [6.07, 6.45) is 0. The highest BCUT2D eigenvalue weighted by atomic mass is 16.2. The monoisotopic (exact) mass is 354 g/mol. The number of aromatic amines is 1. The smallest absolute Gasteiger partial charge is 0.272 e. The van der Waals surface area contributed by atoms with Gasteiger partial charge in [0, 0.05) is 5.56 Å². The number of aromatic nitrogens is 2. The molecule has 1 aromatic heterocycles. The Morgan fingerprint density at radius 2 is 1.70 bits per heavy atom. The number of fused-ring (bicyclic) bond motifs is 1. The first kappa shape index (κ1) is 16.7. The molecule has 0 aliphatic carbocycles. The molecule has 1 amide bonds. The third-order valence-corrected chi connectivity index (χ3v) is 4.40. The molecule has 5 nitrogen and oxygen atoms in total. The SMILES string of the molecule is C/C(=N/NC(=O)c1cc(-c2cccc3ccccc23)n[nH]1)c1ccccc1. The number of nitrogens with one attached hydrogen (secondary N) is 2. The van der Waals surface area contributed by atoms with E-state index >= 15 is 0 Å². The van der Waals surface area contributed by atoms with Gasteiger partial charge in [-0.2, -0.15) is 10.2 Å². The fourth-order valence-corrected chi connectivity index (χ4v) is 2.96. The molecule has 0 aliphatic rings. The number of carbonyl (C=O) groups is 1. The highest BCUT2D eigenvalue weighted by molar-refractivity contribution is 6.01. The first-order valence-electron chi connectivity index (χ1n) is 8.66. The summed E-state index contributed by atoms with van der Waals surface area (Å²) in [4.78, 5) is 12.4. The van der Waals surface area contributed by atoms with E-state index in [1.165, 1.54) is 0 Å². The van der Waals surface area contributed by atoms with E-state index in [9.17, 15) is 4.79 Å². The molecule has 0 unspecified atom stereocenters. The lowest BCUT2D eigenvalue weighted by atomic mass is 10.0. The quantitative estimate of drug-likeness (QED) is 0.422. The molecule has 0 spiro atoms. The summed E-state index contributed by atoms with van der Waals surface area (Å²) < 4.78 is 0. The van der Waals surface area contributed by atoms with Gasteiger partial charge in [-0.05, 0) is 29.3 Å². The maximum Gasteiger partial charge on any atom is 0.289 e. The van der Waals surface area contributed by atoms with E-state index in [-0.39, 0.29) is 5.91 Å². The summed E-state index contributed by atoms with van der Waals surface area (Å²) in [5, 5.41) is 13.5. The molecule has 0 saturated heterocycles. The second-order valence-electron chi connectivity index (χ2n) is 6.20. The predicted octanol–water partition coefficient (Wildman–Crippen LogP) is 4.38. The van der Waals surface area contributed by atoms with Crippen LogP contribution in [0.15, 0.2) is 84.0 Å². The summed E-state index contributed by atoms with van der Waals surface area (Å²) in [6.45, 7) is 1.85. The average molecular weight is 354 g/mol. The van der Waals surface area contributed by atoms with Crippen LogP contribution in [-0.4, -0.2) is 21.8 Å². The van der Waals surface area contributed by atoms with E-state index in [0.717, 1.165) is 33.3 Å². The van der Waals surface area contributed by atoms with Crippen molar-refractivity contribution in [3.63, 3.8) is 0 Å². The van der Waals surface area contributed by atoms with Crippen LogP contribution < -0.4 is 5.43 Å². The van der Waals surface area contributed by atoms with Gasteiger partial charge in [0.25, 0.3) is 5.91 Å². The van der Waals surface area contributed by atoms with Crippen molar-refractivity contribution in [2.45, 2.75) is 6.92 Å². The molecule has 132 valence electrons. The van der Waals surface area contributed by atoms with Gasteiger partial charge < -0.3 is 0 Å². The van der Waals surface area contributed by atoms with Crippen molar-refractivity contribution in [3.8, 4) is 11.3 Å². The molecule has 5 heteroatoms. The molecule has 27 heavy (non-hydrogen) atoms. The molecule has 4 aromatic rings. The first-order valence-corrected chi connectivity index (χ1v) is 8.66. The Hall–Kier alpha value is -3.73. The van der Waals surface area contributed by atoms with Crippen molar-refractivity contribution in [3.05, 3.63) is 90.1 Å². The van der Waals surface area contributed by atoms with Crippen molar-refractivity contribution >= 4 is 22.4 Å². The van der Waals surface area contributed by atoms with Crippen LogP contribution in [-0.2, 0) is 0 Å².